The zero-order valence-corrected chi connectivity index (χ0v) is 14.7. The first-order chi connectivity index (χ1) is 13.2. The maximum atomic E-state index is 13.9. The van der Waals surface area contributed by atoms with Gasteiger partial charge in [0.25, 0.3) is 0 Å². The van der Waals surface area contributed by atoms with Crippen LogP contribution >= 0.6 is 0 Å². The molecule has 1 N–H and O–H groups in total. The number of para-hydroxylation sites is 1. The number of aromatic nitrogens is 1. The van der Waals surface area contributed by atoms with Crippen LogP contribution < -0.4 is 10.1 Å². The number of pyridine rings is 1. The lowest BCUT2D eigenvalue weighted by Crippen LogP contribution is -2.34. The van der Waals surface area contributed by atoms with Crippen LogP contribution in [0, 0.1) is 5.82 Å². The molecule has 1 fully saturated rings. The van der Waals surface area contributed by atoms with E-state index in [9.17, 15) is 9.18 Å². The van der Waals surface area contributed by atoms with Crippen molar-refractivity contribution in [1.82, 2.24) is 10.3 Å². The monoisotopic (exact) mass is 362 g/mol. The minimum absolute atomic E-state index is 0.00519. The van der Waals surface area contributed by atoms with E-state index in [1.165, 1.54) is 6.07 Å². The van der Waals surface area contributed by atoms with E-state index in [1.54, 1.807) is 30.5 Å². The molecule has 2 aromatic carbocycles. The van der Waals surface area contributed by atoms with E-state index >= 15 is 0 Å². The topological polar surface area (TPSA) is 51.2 Å². The molecule has 0 aliphatic heterocycles. The van der Waals surface area contributed by atoms with Gasteiger partial charge in [0.2, 0.25) is 11.8 Å². The normalized spacial score (nSPS) is 14.4. The molecule has 3 aromatic rings. The minimum Gasteiger partial charge on any atom is -0.436 e. The van der Waals surface area contributed by atoms with Crippen molar-refractivity contribution in [2.45, 2.75) is 24.8 Å². The zero-order valence-electron chi connectivity index (χ0n) is 14.7. The molecule has 5 heteroatoms. The summed E-state index contributed by atoms with van der Waals surface area (Å²) in [6.07, 6.45) is 3.26. The summed E-state index contributed by atoms with van der Waals surface area (Å²) >= 11 is 0. The van der Waals surface area contributed by atoms with Gasteiger partial charge in [-0.15, -0.1) is 0 Å². The molecular formula is C22H19FN2O2. The molecule has 0 unspecified atom stereocenters. The van der Waals surface area contributed by atoms with Crippen LogP contribution in [0.15, 0.2) is 72.9 Å². The molecular weight excluding hydrogens is 343 g/mol. The fourth-order valence-corrected chi connectivity index (χ4v) is 3.16. The third-order valence-corrected chi connectivity index (χ3v) is 4.84. The van der Waals surface area contributed by atoms with Gasteiger partial charge in [0.05, 0.1) is 5.41 Å². The number of carbonyl (C=O) groups excluding carboxylic acids is 1. The quantitative estimate of drug-likeness (QED) is 0.709. The largest absolute Gasteiger partial charge is 0.436 e. The molecule has 0 bridgehead atoms. The maximum Gasteiger partial charge on any atom is 0.230 e. The van der Waals surface area contributed by atoms with Crippen molar-refractivity contribution in [3.8, 4) is 11.6 Å². The third kappa shape index (κ3) is 3.53. The molecule has 1 aliphatic carbocycles. The third-order valence-electron chi connectivity index (χ3n) is 4.84. The number of halogens is 1. The molecule has 0 spiro atoms. The van der Waals surface area contributed by atoms with Crippen LogP contribution in [0.4, 0.5) is 4.39 Å². The standard InChI is InChI=1S/C22H19FN2O2/c23-18-10-4-5-11-19(18)27-20-16(7-6-14-24-20)15-25-21(26)22(12-13-22)17-8-2-1-3-9-17/h1-11,14H,12-13,15H2,(H,25,26). The first kappa shape index (κ1) is 17.2. The highest BCUT2D eigenvalue weighted by Gasteiger charge is 2.50. The second-order valence-corrected chi connectivity index (χ2v) is 6.63. The summed E-state index contributed by atoms with van der Waals surface area (Å²) in [5.74, 6) is -0.0762. The van der Waals surface area contributed by atoms with E-state index in [0.717, 1.165) is 18.4 Å². The Bertz CT molecular complexity index is 955. The molecule has 0 saturated heterocycles. The summed E-state index contributed by atoms with van der Waals surface area (Å²) in [5, 5.41) is 2.99. The van der Waals surface area contributed by atoms with Crippen LogP contribution in [-0.2, 0) is 16.8 Å². The van der Waals surface area contributed by atoms with Gasteiger partial charge < -0.3 is 10.1 Å². The Morgan fingerprint density at radius 3 is 2.52 bits per heavy atom. The van der Waals surface area contributed by atoms with Gasteiger partial charge in [-0.3, -0.25) is 4.79 Å². The van der Waals surface area contributed by atoms with E-state index in [1.807, 2.05) is 36.4 Å². The SMILES string of the molecule is O=C(NCc1cccnc1Oc1ccccc1F)C1(c2ccccc2)CC1. The van der Waals surface area contributed by atoms with Crippen LogP contribution in [0.5, 0.6) is 11.6 Å². The van der Waals surface area contributed by atoms with E-state index < -0.39 is 11.2 Å². The fraction of sp³-hybridized carbons (Fsp3) is 0.182. The summed E-state index contributed by atoms with van der Waals surface area (Å²) in [6, 6.07) is 19.6. The number of nitrogens with zero attached hydrogens (tertiary/aromatic N) is 1. The number of amides is 1. The molecule has 1 amide bonds. The first-order valence-corrected chi connectivity index (χ1v) is 8.89. The van der Waals surface area contributed by atoms with E-state index in [2.05, 4.69) is 10.3 Å². The average Bonchev–Trinajstić information content (AvgIpc) is 3.52. The summed E-state index contributed by atoms with van der Waals surface area (Å²) < 4.78 is 19.5. The summed E-state index contributed by atoms with van der Waals surface area (Å²) in [6.45, 7) is 0.269. The molecule has 4 rings (SSSR count). The number of hydrogen-bond donors (Lipinski definition) is 1. The Kier molecular flexibility index (Phi) is 4.59. The molecule has 1 aromatic heterocycles. The van der Waals surface area contributed by atoms with Gasteiger partial charge in [0, 0.05) is 18.3 Å². The molecule has 4 nitrogen and oxygen atoms in total. The number of nitrogens with one attached hydrogen (secondary N) is 1. The predicted molar refractivity (Wildman–Crippen MR) is 99.9 cm³/mol. The summed E-state index contributed by atoms with van der Waals surface area (Å²) in [7, 11) is 0. The van der Waals surface area contributed by atoms with Crippen molar-refractivity contribution >= 4 is 5.91 Å². The molecule has 0 atom stereocenters. The summed E-state index contributed by atoms with van der Waals surface area (Å²) in [4.78, 5) is 17.0. The van der Waals surface area contributed by atoms with Gasteiger partial charge in [0.1, 0.15) is 0 Å². The Morgan fingerprint density at radius 1 is 1.04 bits per heavy atom. The van der Waals surface area contributed by atoms with Gasteiger partial charge in [-0.05, 0) is 36.6 Å². The van der Waals surface area contributed by atoms with Gasteiger partial charge in [-0.1, -0.05) is 48.5 Å². The molecule has 27 heavy (non-hydrogen) atoms. The van der Waals surface area contributed by atoms with Crippen LogP contribution in [0.3, 0.4) is 0 Å². The van der Waals surface area contributed by atoms with Crippen molar-refractivity contribution < 1.29 is 13.9 Å². The molecule has 1 aliphatic rings. The number of carbonyl (C=O) groups is 1. The fourth-order valence-electron chi connectivity index (χ4n) is 3.16. The number of hydrogen-bond acceptors (Lipinski definition) is 3. The average molecular weight is 362 g/mol. The van der Waals surface area contributed by atoms with Crippen LogP contribution in [-0.4, -0.2) is 10.9 Å². The first-order valence-electron chi connectivity index (χ1n) is 8.89. The van der Waals surface area contributed by atoms with Crippen LogP contribution in [0.1, 0.15) is 24.0 Å². The second-order valence-electron chi connectivity index (χ2n) is 6.63. The minimum atomic E-state index is -0.459. The van der Waals surface area contributed by atoms with Gasteiger partial charge >= 0.3 is 0 Å². The van der Waals surface area contributed by atoms with Crippen molar-refractivity contribution in [1.29, 1.82) is 0 Å². The van der Waals surface area contributed by atoms with E-state index in [4.69, 9.17) is 4.74 Å². The van der Waals surface area contributed by atoms with Crippen molar-refractivity contribution in [2.24, 2.45) is 0 Å². The van der Waals surface area contributed by atoms with Crippen LogP contribution in [0.2, 0.25) is 0 Å². The lowest BCUT2D eigenvalue weighted by molar-refractivity contribution is -0.123. The predicted octanol–water partition coefficient (Wildman–Crippen LogP) is 4.36. The highest BCUT2D eigenvalue weighted by molar-refractivity contribution is 5.91. The summed E-state index contributed by atoms with van der Waals surface area (Å²) in [5.41, 5.74) is 1.30. The van der Waals surface area contributed by atoms with Crippen molar-refractivity contribution in [3.63, 3.8) is 0 Å². The molecule has 1 heterocycles. The highest BCUT2D eigenvalue weighted by atomic mass is 19.1. The van der Waals surface area contributed by atoms with Gasteiger partial charge in [0.15, 0.2) is 11.6 Å². The Morgan fingerprint density at radius 2 is 1.78 bits per heavy atom. The van der Waals surface area contributed by atoms with Gasteiger partial charge in [-0.25, -0.2) is 9.37 Å². The zero-order chi connectivity index (χ0) is 18.7. The van der Waals surface area contributed by atoms with Gasteiger partial charge in [-0.2, -0.15) is 0 Å². The number of benzene rings is 2. The van der Waals surface area contributed by atoms with E-state index in [0.29, 0.717) is 5.56 Å². The van der Waals surface area contributed by atoms with Crippen LogP contribution in [0.25, 0.3) is 0 Å². The maximum absolute atomic E-state index is 13.9. The van der Waals surface area contributed by atoms with Crippen molar-refractivity contribution in [2.75, 3.05) is 0 Å². The molecule has 1 saturated carbocycles. The Labute approximate surface area is 157 Å². The van der Waals surface area contributed by atoms with E-state index in [-0.39, 0.29) is 24.1 Å². The lowest BCUT2D eigenvalue weighted by atomic mass is 9.95. The van der Waals surface area contributed by atoms with Crippen molar-refractivity contribution in [3.05, 3.63) is 89.9 Å². The number of rotatable bonds is 6. The lowest BCUT2D eigenvalue weighted by Gasteiger charge is -2.16. The smallest absolute Gasteiger partial charge is 0.230 e. The molecule has 0 radical (unpaired) electrons. The Balaban J connectivity index is 1.48. The number of ether oxygens (including phenoxy) is 1. The molecule has 136 valence electrons. The highest BCUT2D eigenvalue weighted by Crippen LogP contribution is 2.48. The Hall–Kier alpha value is -3.21. The second kappa shape index (κ2) is 7.19.